The summed E-state index contributed by atoms with van der Waals surface area (Å²) in [6, 6.07) is 14.4. The van der Waals surface area contributed by atoms with E-state index in [0.29, 0.717) is 28.0 Å². The zero-order valence-corrected chi connectivity index (χ0v) is 13.8. The van der Waals surface area contributed by atoms with Crippen LogP contribution in [0.4, 0.5) is 5.69 Å². The second kappa shape index (κ2) is 7.23. The Morgan fingerprint density at radius 1 is 1.25 bits per heavy atom. The lowest BCUT2D eigenvalue weighted by Crippen LogP contribution is -2.19. The van der Waals surface area contributed by atoms with Crippen LogP contribution in [0.1, 0.15) is 12.5 Å². The van der Waals surface area contributed by atoms with Gasteiger partial charge in [-0.05, 0) is 49.0 Å². The topological polar surface area (TPSA) is 70.9 Å². The number of nitrogens with zero attached hydrogens (tertiary/aromatic N) is 1. The highest BCUT2D eigenvalue weighted by Crippen LogP contribution is 2.31. The number of carbonyl (C=O) groups excluding carboxylic acids is 1. The van der Waals surface area contributed by atoms with Crippen molar-refractivity contribution < 1.29 is 14.6 Å². The van der Waals surface area contributed by atoms with Crippen molar-refractivity contribution in [1.82, 2.24) is 5.32 Å². The van der Waals surface area contributed by atoms with Gasteiger partial charge in [0.15, 0.2) is 5.17 Å². The number of phenols is 1. The molecule has 0 unspecified atom stereocenters. The Labute approximate surface area is 144 Å². The van der Waals surface area contributed by atoms with E-state index in [1.165, 1.54) is 17.8 Å². The van der Waals surface area contributed by atoms with Gasteiger partial charge in [-0.3, -0.25) is 4.79 Å². The Kier molecular flexibility index (Phi) is 4.86. The fraction of sp³-hybridized carbons (Fsp3) is 0.111. The number of thioether (sulfide) groups is 1. The number of amides is 1. The molecule has 0 spiro atoms. The summed E-state index contributed by atoms with van der Waals surface area (Å²) in [4.78, 5) is 16.9. The van der Waals surface area contributed by atoms with Gasteiger partial charge >= 0.3 is 0 Å². The third kappa shape index (κ3) is 3.78. The Balaban J connectivity index is 1.81. The van der Waals surface area contributed by atoms with Gasteiger partial charge in [0.05, 0.1) is 17.2 Å². The molecule has 0 aliphatic carbocycles. The molecule has 1 saturated heterocycles. The summed E-state index contributed by atoms with van der Waals surface area (Å²) in [5.74, 6) is 0.422. The maximum Gasteiger partial charge on any atom is 0.264 e. The van der Waals surface area contributed by atoms with Crippen LogP contribution in [0.15, 0.2) is 58.4 Å². The molecule has 24 heavy (non-hydrogen) atoms. The molecule has 1 heterocycles. The van der Waals surface area contributed by atoms with Crippen molar-refractivity contribution in [3.05, 3.63) is 59.0 Å². The zero-order chi connectivity index (χ0) is 16.9. The minimum atomic E-state index is -0.233. The first-order chi connectivity index (χ1) is 11.7. The van der Waals surface area contributed by atoms with Crippen LogP contribution in [0.2, 0.25) is 0 Å². The number of rotatable bonds is 4. The van der Waals surface area contributed by atoms with Crippen molar-refractivity contribution in [3.63, 3.8) is 0 Å². The number of hydrogen-bond donors (Lipinski definition) is 2. The summed E-state index contributed by atoms with van der Waals surface area (Å²) in [6.45, 7) is 2.40. The van der Waals surface area contributed by atoms with Crippen molar-refractivity contribution in [1.29, 1.82) is 0 Å². The normalized spacial score (nSPS) is 17.3. The molecule has 0 atom stereocenters. The Morgan fingerprint density at radius 3 is 2.75 bits per heavy atom. The average molecular weight is 340 g/mol. The second-order valence-corrected chi connectivity index (χ2v) is 6.00. The van der Waals surface area contributed by atoms with E-state index >= 15 is 0 Å². The quantitative estimate of drug-likeness (QED) is 0.833. The van der Waals surface area contributed by atoms with E-state index in [2.05, 4.69) is 10.3 Å². The molecular weight excluding hydrogens is 324 g/mol. The maximum absolute atomic E-state index is 12.1. The number of amidine groups is 1. The van der Waals surface area contributed by atoms with Crippen LogP contribution in [0.25, 0.3) is 6.08 Å². The highest BCUT2D eigenvalue weighted by molar-refractivity contribution is 8.18. The summed E-state index contributed by atoms with van der Waals surface area (Å²) in [6.07, 6.45) is 1.64. The molecule has 2 aromatic carbocycles. The fourth-order valence-electron chi connectivity index (χ4n) is 2.14. The van der Waals surface area contributed by atoms with Gasteiger partial charge in [-0.15, -0.1) is 0 Å². The summed E-state index contributed by atoms with van der Waals surface area (Å²) < 4.78 is 5.33. The minimum Gasteiger partial charge on any atom is -0.507 e. The van der Waals surface area contributed by atoms with Crippen LogP contribution in [-0.4, -0.2) is 22.8 Å². The van der Waals surface area contributed by atoms with Crippen molar-refractivity contribution in [2.45, 2.75) is 6.92 Å². The summed E-state index contributed by atoms with van der Waals surface area (Å²) in [5, 5.41) is 13.3. The van der Waals surface area contributed by atoms with Crippen LogP contribution in [-0.2, 0) is 4.79 Å². The van der Waals surface area contributed by atoms with Crippen LogP contribution in [0.3, 0.4) is 0 Å². The molecule has 1 aliphatic heterocycles. The smallest absolute Gasteiger partial charge is 0.264 e. The molecule has 2 N–H and O–H groups in total. The lowest BCUT2D eigenvalue weighted by Gasteiger charge is -2.05. The third-order valence-electron chi connectivity index (χ3n) is 3.24. The van der Waals surface area contributed by atoms with E-state index in [0.717, 1.165) is 5.69 Å². The monoisotopic (exact) mass is 340 g/mol. The fourth-order valence-corrected chi connectivity index (χ4v) is 2.98. The van der Waals surface area contributed by atoms with E-state index in [4.69, 9.17) is 4.74 Å². The number of aromatic hydroxyl groups is 1. The zero-order valence-electron chi connectivity index (χ0n) is 13.0. The van der Waals surface area contributed by atoms with Gasteiger partial charge in [0.25, 0.3) is 5.91 Å². The first-order valence-corrected chi connectivity index (χ1v) is 8.28. The standard InChI is InChI=1S/C18H16N2O3S/c1-2-23-14-9-8-12(15(21)11-14)10-16-17(22)20-18(24-16)19-13-6-4-3-5-7-13/h3-11,21H,2H2,1H3,(H,19,20,22). The van der Waals surface area contributed by atoms with E-state index in [-0.39, 0.29) is 11.7 Å². The molecule has 0 aromatic heterocycles. The summed E-state index contributed by atoms with van der Waals surface area (Å²) in [7, 11) is 0. The molecule has 0 bridgehead atoms. The van der Waals surface area contributed by atoms with Crippen LogP contribution < -0.4 is 10.1 Å². The molecule has 3 rings (SSSR count). The van der Waals surface area contributed by atoms with E-state index in [1.807, 2.05) is 37.3 Å². The van der Waals surface area contributed by atoms with E-state index in [9.17, 15) is 9.90 Å². The van der Waals surface area contributed by atoms with Crippen LogP contribution >= 0.6 is 11.8 Å². The summed E-state index contributed by atoms with van der Waals surface area (Å²) >= 11 is 1.24. The highest BCUT2D eigenvalue weighted by Gasteiger charge is 2.24. The molecule has 1 aliphatic rings. The number of para-hydroxylation sites is 1. The van der Waals surface area contributed by atoms with Crippen molar-refractivity contribution in [2.75, 3.05) is 6.61 Å². The highest BCUT2D eigenvalue weighted by atomic mass is 32.2. The number of ether oxygens (including phenoxy) is 1. The van der Waals surface area contributed by atoms with Gasteiger partial charge in [0, 0.05) is 11.6 Å². The molecule has 6 heteroatoms. The van der Waals surface area contributed by atoms with Gasteiger partial charge in [0.2, 0.25) is 0 Å². The van der Waals surface area contributed by atoms with Crippen LogP contribution in [0.5, 0.6) is 11.5 Å². The van der Waals surface area contributed by atoms with E-state index < -0.39 is 0 Å². The second-order valence-electron chi connectivity index (χ2n) is 4.97. The molecule has 122 valence electrons. The predicted molar refractivity (Wildman–Crippen MR) is 96.5 cm³/mol. The lowest BCUT2D eigenvalue weighted by molar-refractivity contribution is -0.115. The van der Waals surface area contributed by atoms with Crippen LogP contribution in [0, 0.1) is 0 Å². The van der Waals surface area contributed by atoms with Gasteiger partial charge in [-0.1, -0.05) is 18.2 Å². The summed E-state index contributed by atoms with van der Waals surface area (Å²) in [5.41, 5.74) is 1.32. The Morgan fingerprint density at radius 2 is 2.04 bits per heavy atom. The number of hydrogen-bond acceptors (Lipinski definition) is 5. The van der Waals surface area contributed by atoms with Crippen molar-refractivity contribution in [2.24, 2.45) is 4.99 Å². The number of phenolic OH excluding ortho intramolecular Hbond substituents is 1. The lowest BCUT2D eigenvalue weighted by atomic mass is 10.1. The van der Waals surface area contributed by atoms with Gasteiger partial charge < -0.3 is 15.2 Å². The van der Waals surface area contributed by atoms with Gasteiger partial charge in [-0.25, -0.2) is 4.99 Å². The molecule has 0 saturated carbocycles. The average Bonchev–Trinajstić information content (AvgIpc) is 2.91. The van der Waals surface area contributed by atoms with Crippen molar-refractivity contribution >= 4 is 34.6 Å². The molecule has 2 aromatic rings. The van der Waals surface area contributed by atoms with Crippen molar-refractivity contribution in [3.8, 4) is 11.5 Å². The minimum absolute atomic E-state index is 0.0651. The molecule has 0 radical (unpaired) electrons. The SMILES string of the molecule is CCOc1ccc(C=C2SC(=Nc3ccccc3)NC2=O)c(O)c1. The largest absolute Gasteiger partial charge is 0.507 e. The van der Waals surface area contributed by atoms with E-state index in [1.54, 1.807) is 18.2 Å². The first-order valence-electron chi connectivity index (χ1n) is 7.46. The molecular formula is C18H16N2O3S. The number of carbonyl (C=O) groups is 1. The first kappa shape index (κ1) is 16.1. The maximum atomic E-state index is 12.1. The molecule has 5 nitrogen and oxygen atoms in total. The number of benzene rings is 2. The Bertz CT molecular complexity index is 816. The molecule has 1 amide bonds. The number of aliphatic imine (C=N–C) groups is 1. The van der Waals surface area contributed by atoms with Gasteiger partial charge in [-0.2, -0.15) is 0 Å². The predicted octanol–water partition coefficient (Wildman–Crippen LogP) is 3.68. The van der Waals surface area contributed by atoms with Gasteiger partial charge in [0.1, 0.15) is 11.5 Å². The third-order valence-corrected chi connectivity index (χ3v) is 4.15. The number of nitrogens with one attached hydrogen (secondary N) is 1. The molecule has 1 fully saturated rings. The Hall–Kier alpha value is -2.73.